The van der Waals surface area contributed by atoms with Gasteiger partial charge in [0.05, 0.1) is 0 Å². The van der Waals surface area contributed by atoms with Crippen molar-refractivity contribution in [1.29, 1.82) is 5.41 Å². The second-order valence-corrected chi connectivity index (χ2v) is 1.37. The summed E-state index contributed by atoms with van der Waals surface area (Å²) >= 11 is 0. The molecule has 0 radical (unpaired) electrons. The molecule has 0 fully saturated rings. The molecule has 0 aliphatic heterocycles. The summed E-state index contributed by atoms with van der Waals surface area (Å²) in [5.74, 6) is 5.18. The Labute approximate surface area is 42.3 Å². The van der Waals surface area contributed by atoms with E-state index in [0.29, 0.717) is 0 Å². The molecule has 0 saturated heterocycles. The maximum Gasteiger partial charge on any atom is 0.228 e. The predicted molar refractivity (Wildman–Crippen MR) is 28.7 cm³/mol. The van der Waals surface area contributed by atoms with E-state index in [-0.39, 0.29) is 4.70 Å². The standard InChI is InChI=1S/C3H9N4/c1-6-7(2,5)3-4/h3-4H,1,5H2,2H3/q+1. The molecule has 0 saturated carbocycles. The maximum atomic E-state index is 6.59. The van der Waals surface area contributed by atoms with Crippen molar-refractivity contribution in [3.8, 4) is 0 Å². The van der Waals surface area contributed by atoms with Crippen molar-refractivity contribution in [2.45, 2.75) is 0 Å². The fourth-order valence-corrected chi connectivity index (χ4v) is 0.0408. The summed E-state index contributed by atoms with van der Waals surface area (Å²) < 4.78 is -0.306. The smallest absolute Gasteiger partial charge is 0.228 e. The lowest BCUT2D eigenvalue weighted by molar-refractivity contribution is -0.833. The monoisotopic (exact) mass is 101 g/mol. The number of nitrogens with zero attached hydrogens (tertiary/aromatic N) is 2. The zero-order chi connectivity index (χ0) is 5.91. The molecule has 0 rings (SSSR count). The molecule has 1 unspecified atom stereocenters. The highest BCUT2D eigenvalue weighted by Gasteiger charge is 2.05. The molecule has 0 aliphatic rings. The molecule has 4 heteroatoms. The van der Waals surface area contributed by atoms with Crippen molar-refractivity contribution >= 4 is 13.1 Å². The number of hydrogen-bond acceptors (Lipinski definition) is 3. The highest BCUT2D eigenvalue weighted by atomic mass is 15.8. The topological polar surface area (TPSA) is 62.2 Å². The Kier molecular flexibility index (Phi) is 1.62. The van der Waals surface area contributed by atoms with Crippen molar-refractivity contribution in [2.75, 3.05) is 7.05 Å². The SMILES string of the molecule is C=N[N+](C)(N)C=N. The van der Waals surface area contributed by atoms with E-state index in [4.69, 9.17) is 11.3 Å². The molecule has 7 heavy (non-hydrogen) atoms. The van der Waals surface area contributed by atoms with Gasteiger partial charge in [0, 0.05) is 6.72 Å². The van der Waals surface area contributed by atoms with Crippen LogP contribution in [0, 0.1) is 5.41 Å². The molecule has 3 N–H and O–H groups in total. The average molecular weight is 101 g/mol. The Morgan fingerprint density at radius 2 is 2.43 bits per heavy atom. The average Bonchev–Trinajstić information content (AvgIpc) is 1.68. The summed E-state index contributed by atoms with van der Waals surface area (Å²) in [5, 5.41) is 9.96. The summed E-state index contributed by atoms with van der Waals surface area (Å²) in [7, 11) is 1.54. The molecule has 0 aromatic rings. The van der Waals surface area contributed by atoms with Gasteiger partial charge in [-0.25, -0.2) is 0 Å². The van der Waals surface area contributed by atoms with Crippen molar-refractivity contribution in [3.63, 3.8) is 0 Å². The van der Waals surface area contributed by atoms with E-state index in [1.54, 1.807) is 7.05 Å². The predicted octanol–water partition coefficient (Wildman–Crippen LogP) is -0.471. The Bertz CT molecular complexity index is 74.9. The van der Waals surface area contributed by atoms with Crippen LogP contribution in [0.15, 0.2) is 5.10 Å². The fraction of sp³-hybridized carbons (Fsp3) is 0.333. The van der Waals surface area contributed by atoms with Gasteiger partial charge >= 0.3 is 0 Å². The highest BCUT2D eigenvalue weighted by Crippen LogP contribution is 1.80. The summed E-state index contributed by atoms with van der Waals surface area (Å²) in [5.41, 5.74) is 0. The fourth-order valence-electron chi connectivity index (χ4n) is 0.0408. The molecule has 40 valence electrons. The van der Waals surface area contributed by atoms with Gasteiger partial charge in [-0.15, -0.1) is 5.84 Å². The van der Waals surface area contributed by atoms with Gasteiger partial charge in [0.2, 0.25) is 6.34 Å². The van der Waals surface area contributed by atoms with Crippen LogP contribution < -0.4 is 5.84 Å². The zero-order valence-corrected chi connectivity index (χ0v) is 4.26. The Morgan fingerprint density at radius 3 is 2.43 bits per heavy atom. The molecule has 0 aromatic heterocycles. The number of nitrogens with one attached hydrogen (secondary N) is 1. The van der Waals surface area contributed by atoms with E-state index in [0.717, 1.165) is 6.34 Å². The summed E-state index contributed by atoms with van der Waals surface area (Å²) in [4.78, 5) is 0. The lowest BCUT2D eigenvalue weighted by Gasteiger charge is -2.10. The van der Waals surface area contributed by atoms with Gasteiger partial charge in [0.1, 0.15) is 7.05 Å². The van der Waals surface area contributed by atoms with Crippen LogP contribution in [0.4, 0.5) is 0 Å². The third-order valence-corrected chi connectivity index (χ3v) is 0.566. The van der Waals surface area contributed by atoms with E-state index in [9.17, 15) is 0 Å². The van der Waals surface area contributed by atoms with E-state index < -0.39 is 0 Å². The summed E-state index contributed by atoms with van der Waals surface area (Å²) in [6.45, 7) is 3.15. The van der Waals surface area contributed by atoms with Gasteiger partial charge in [0.15, 0.2) is 0 Å². The van der Waals surface area contributed by atoms with E-state index in [1.165, 1.54) is 0 Å². The zero-order valence-electron chi connectivity index (χ0n) is 4.26. The number of hydrogen-bond donors (Lipinski definition) is 2. The molecule has 0 bridgehead atoms. The second kappa shape index (κ2) is 1.81. The van der Waals surface area contributed by atoms with Gasteiger partial charge < -0.3 is 0 Å². The summed E-state index contributed by atoms with van der Waals surface area (Å²) in [6, 6.07) is 0. The van der Waals surface area contributed by atoms with Crippen molar-refractivity contribution in [2.24, 2.45) is 10.9 Å². The second-order valence-electron chi connectivity index (χ2n) is 1.37. The lowest BCUT2D eigenvalue weighted by atomic mass is 11.0. The molecule has 1 atom stereocenters. The number of quaternary nitrogens is 1. The first-order chi connectivity index (χ1) is 3.12. The van der Waals surface area contributed by atoms with Crippen LogP contribution in [-0.4, -0.2) is 24.8 Å². The van der Waals surface area contributed by atoms with Crippen LogP contribution in [0.1, 0.15) is 0 Å². The molecule has 0 amide bonds. The van der Waals surface area contributed by atoms with Gasteiger partial charge in [-0.1, -0.05) is 9.80 Å². The Balaban J connectivity index is 3.82. The lowest BCUT2D eigenvalue weighted by Crippen LogP contribution is -2.43. The van der Waals surface area contributed by atoms with Gasteiger partial charge in [-0.2, -0.15) is 0 Å². The van der Waals surface area contributed by atoms with Gasteiger partial charge in [0.25, 0.3) is 0 Å². The van der Waals surface area contributed by atoms with Gasteiger partial charge in [-0.05, 0) is 0 Å². The molecule has 0 aliphatic carbocycles. The quantitative estimate of drug-likeness (QED) is 0.159. The minimum Gasteiger partial charge on any atom is -0.254 e. The van der Waals surface area contributed by atoms with Crippen LogP contribution in [0.5, 0.6) is 0 Å². The van der Waals surface area contributed by atoms with Gasteiger partial charge in [-0.3, -0.25) is 5.41 Å². The molecule has 0 aromatic carbocycles. The van der Waals surface area contributed by atoms with Crippen LogP contribution in [0.25, 0.3) is 0 Å². The van der Waals surface area contributed by atoms with E-state index in [1.807, 2.05) is 0 Å². The first-order valence-electron chi connectivity index (χ1n) is 1.77. The maximum absolute atomic E-state index is 6.59. The summed E-state index contributed by atoms with van der Waals surface area (Å²) in [6.07, 6.45) is 0.979. The molecular weight excluding hydrogens is 92.1 g/mol. The third-order valence-electron chi connectivity index (χ3n) is 0.566. The normalized spacial score (nSPS) is 17.4. The molecular formula is C3H9N4+. The number of nitrogens with two attached hydrogens (primary N) is 1. The largest absolute Gasteiger partial charge is 0.254 e. The Hall–Kier alpha value is -0.740. The third kappa shape index (κ3) is 2.02. The van der Waals surface area contributed by atoms with Crippen LogP contribution in [0.3, 0.4) is 0 Å². The minimum atomic E-state index is -0.306. The molecule has 0 heterocycles. The Morgan fingerprint density at radius 1 is 2.00 bits per heavy atom. The van der Waals surface area contributed by atoms with Crippen molar-refractivity contribution in [1.82, 2.24) is 0 Å². The van der Waals surface area contributed by atoms with Crippen LogP contribution in [0.2, 0.25) is 0 Å². The molecule has 4 nitrogen and oxygen atoms in total. The van der Waals surface area contributed by atoms with E-state index in [2.05, 4.69) is 11.8 Å². The van der Waals surface area contributed by atoms with Crippen molar-refractivity contribution in [3.05, 3.63) is 0 Å². The highest BCUT2D eigenvalue weighted by molar-refractivity contribution is 5.40. The van der Waals surface area contributed by atoms with Crippen LogP contribution >= 0.6 is 0 Å². The first kappa shape index (κ1) is 6.26. The van der Waals surface area contributed by atoms with E-state index >= 15 is 0 Å². The molecule has 0 spiro atoms. The first-order valence-corrected chi connectivity index (χ1v) is 1.77. The van der Waals surface area contributed by atoms with Crippen LogP contribution in [-0.2, 0) is 0 Å². The number of rotatable bonds is 2. The van der Waals surface area contributed by atoms with Crippen molar-refractivity contribution < 1.29 is 4.70 Å². The minimum absolute atomic E-state index is 0.306.